The summed E-state index contributed by atoms with van der Waals surface area (Å²) in [5, 5.41) is 26.4. The molecule has 63 heavy (non-hydrogen) atoms. The van der Waals surface area contributed by atoms with Gasteiger partial charge in [-0.2, -0.15) is 4.31 Å². The van der Waals surface area contributed by atoms with E-state index in [1.165, 1.54) is 58.8 Å². The summed E-state index contributed by atoms with van der Waals surface area (Å²) in [5.74, 6) is -1.10. The molecule has 10 N–H and O–H groups in total. The number of aromatic nitrogens is 4. The molecule has 0 spiro atoms. The summed E-state index contributed by atoms with van der Waals surface area (Å²) >= 11 is 1.06. The highest BCUT2D eigenvalue weighted by molar-refractivity contribution is 8.14. The van der Waals surface area contributed by atoms with Crippen molar-refractivity contribution in [1.29, 1.82) is 0 Å². The van der Waals surface area contributed by atoms with Gasteiger partial charge in [0.05, 0.1) is 19.5 Å². The van der Waals surface area contributed by atoms with Gasteiger partial charge in [0.1, 0.15) is 36.3 Å². The van der Waals surface area contributed by atoms with E-state index < -0.39 is 84.6 Å². The quantitative estimate of drug-likeness (QED) is 0.0308. The van der Waals surface area contributed by atoms with Crippen molar-refractivity contribution in [3.05, 3.63) is 24.8 Å². The van der Waals surface area contributed by atoms with Crippen molar-refractivity contribution in [1.82, 2.24) is 30.2 Å². The summed E-state index contributed by atoms with van der Waals surface area (Å²) in [5.41, 5.74) is 4.28. The van der Waals surface area contributed by atoms with Crippen LogP contribution in [0.5, 0.6) is 0 Å². The summed E-state index contributed by atoms with van der Waals surface area (Å²) in [7, 11) is -16.4. The molecule has 1 fully saturated rings. The monoisotopic (exact) mass is 975 g/mol. The molecule has 0 aromatic carbocycles. The van der Waals surface area contributed by atoms with E-state index in [4.69, 9.17) is 19.5 Å². The first-order valence-electron chi connectivity index (χ1n) is 20.3. The average Bonchev–Trinajstić information content (AvgIpc) is 3.76. The number of ether oxygens (including phenoxy) is 1. The molecule has 1 aliphatic rings. The highest BCUT2D eigenvalue weighted by Gasteiger charge is 2.50. The lowest BCUT2D eigenvalue weighted by atomic mass is 9.87. The highest BCUT2D eigenvalue weighted by atomic mass is 32.2. The maximum Gasteiger partial charge on any atom is 0.481 e. The van der Waals surface area contributed by atoms with Crippen molar-refractivity contribution in [2.45, 2.75) is 122 Å². The van der Waals surface area contributed by atoms with Gasteiger partial charge < -0.3 is 50.9 Å². The molecule has 1 saturated heterocycles. The molecule has 0 radical (unpaired) electrons. The summed E-state index contributed by atoms with van der Waals surface area (Å²) in [6.45, 7) is 2.72. The number of unbranched alkanes of at least 4 members (excludes halogenated alkanes) is 9. The minimum absolute atomic E-state index is 0.0320. The maximum atomic E-state index is 12.7. The van der Waals surface area contributed by atoms with E-state index in [0.717, 1.165) is 48.2 Å². The van der Waals surface area contributed by atoms with Gasteiger partial charge in [0.2, 0.25) is 16.9 Å². The van der Waals surface area contributed by atoms with Crippen LogP contribution < -0.4 is 16.4 Å². The van der Waals surface area contributed by atoms with Crippen LogP contribution in [0.1, 0.15) is 97.6 Å². The maximum absolute atomic E-state index is 12.7. The number of nitrogens with one attached hydrogen (secondary N) is 2. The molecule has 0 aliphatic carbocycles. The molecular weight excluding hydrogens is 915 g/mol. The molecule has 2 aromatic rings. The van der Waals surface area contributed by atoms with Crippen molar-refractivity contribution in [3.8, 4) is 0 Å². The Kier molecular flexibility index (Phi) is 22.4. The third-order valence-electron chi connectivity index (χ3n) is 9.47. The van der Waals surface area contributed by atoms with Crippen LogP contribution in [0.3, 0.4) is 0 Å². The van der Waals surface area contributed by atoms with Crippen LogP contribution in [-0.4, -0.2) is 123 Å². The van der Waals surface area contributed by atoms with Gasteiger partial charge in [-0.1, -0.05) is 90.0 Å². The zero-order valence-electron chi connectivity index (χ0n) is 35.3. The summed E-state index contributed by atoms with van der Waals surface area (Å²) in [6, 6.07) is 0. The number of hydrogen-bond acceptors (Lipinski definition) is 18. The van der Waals surface area contributed by atoms with E-state index in [0.29, 0.717) is 5.75 Å². The molecular formula is C35H60N7O17P3S. The van der Waals surface area contributed by atoms with Crippen molar-refractivity contribution in [3.63, 3.8) is 0 Å². The fourth-order valence-electron chi connectivity index (χ4n) is 6.08. The number of nitrogens with zero attached hydrogens (tertiary/aromatic N) is 4. The summed E-state index contributed by atoms with van der Waals surface area (Å²) in [6.07, 6.45) is 8.37. The molecule has 7 atom stereocenters. The predicted octanol–water partition coefficient (Wildman–Crippen LogP) is 3.14. The number of aliphatic hydroxyl groups excluding tert-OH is 2. The Balaban J connectivity index is 1.37. The number of phosphoric ester groups is 3. The van der Waals surface area contributed by atoms with E-state index in [9.17, 15) is 57.9 Å². The number of rotatable bonds is 30. The van der Waals surface area contributed by atoms with Crippen LogP contribution in [0.4, 0.5) is 5.82 Å². The Morgan fingerprint density at radius 2 is 1.62 bits per heavy atom. The molecule has 1 aliphatic heterocycles. The van der Waals surface area contributed by atoms with Crippen LogP contribution in [-0.2, 0) is 50.7 Å². The molecule has 0 bridgehead atoms. The minimum atomic E-state index is -5.57. The number of hydrogen-bond donors (Lipinski definition) is 9. The van der Waals surface area contributed by atoms with Gasteiger partial charge >= 0.3 is 23.5 Å². The van der Waals surface area contributed by atoms with Gasteiger partial charge in [0.25, 0.3) is 0 Å². The first-order valence-corrected chi connectivity index (χ1v) is 25.8. The SMILES string of the molecule is CCCCCCCCCCCC=CC(=O)SCCNC(=O)CCNC(=O)C(O)C(C)(C)COP(=O)(O)OP(=O)(O)OC[C@H]1O[C@@H](n2cnc3c(N)ncnc32)[C@H](O)[C@@H]1OP(=O)(O)O. The Hall–Kier alpha value is -2.70. The van der Waals surface area contributed by atoms with Crippen LogP contribution >= 0.6 is 35.2 Å². The van der Waals surface area contributed by atoms with E-state index >= 15 is 0 Å². The first-order chi connectivity index (χ1) is 29.6. The van der Waals surface area contributed by atoms with E-state index in [2.05, 4.69) is 41.3 Å². The third kappa shape index (κ3) is 19.4. The summed E-state index contributed by atoms with van der Waals surface area (Å²) in [4.78, 5) is 88.0. The van der Waals surface area contributed by atoms with Crippen molar-refractivity contribution < 1.29 is 80.5 Å². The number of carbonyl (C=O) groups excluding carboxylic acids is 3. The van der Waals surface area contributed by atoms with Crippen molar-refractivity contribution in [2.75, 3.05) is 37.8 Å². The standard InChI is InChI=1S/C35H60N7O17P3S/c1-4-5-6-7-8-9-10-11-12-13-14-15-26(44)63-19-18-37-25(43)16-17-38-33(47)30(46)35(2,3)21-56-62(53,54)59-61(51,52)55-20-24-29(58-60(48,49)50)28(45)34(57-24)42-23-41-27-31(36)39-22-40-32(27)42/h14-15,22-24,28-30,34,45-46H,4-13,16-21H2,1-3H3,(H,37,43)(H,38,47)(H,51,52)(H,53,54)(H2,36,39,40)(H2,48,49,50)/t24-,28-,29-,30?,34-/m1/s1. The molecule has 3 rings (SSSR count). The number of anilines is 1. The third-order valence-corrected chi connectivity index (χ3v) is 13.4. The Morgan fingerprint density at radius 3 is 2.29 bits per heavy atom. The largest absolute Gasteiger partial charge is 0.481 e. The average molecular weight is 976 g/mol. The van der Waals surface area contributed by atoms with Gasteiger partial charge in [-0.15, -0.1) is 0 Å². The number of nitrogens with two attached hydrogens (primary N) is 1. The Bertz CT molecular complexity index is 1970. The van der Waals surface area contributed by atoms with Gasteiger partial charge in [0.15, 0.2) is 17.7 Å². The molecule has 2 aromatic heterocycles. The second-order valence-corrected chi connectivity index (χ2v) is 20.6. The van der Waals surface area contributed by atoms with E-state index in [-0.39, 0.29) is 41.6 Å². The normalized spacial score (nSPS) is 20.7. The number of aliphatic hydroxyl groups is 2. The van der Waals surface area contributed by atoms with Crippen molar-refractivity contribution in [2.24, 2.45) is 5.41 Å². The van der Waals surface area contributed by atoms with E-state index in [1.807, 2.05) is 6.08 Å². The molecule has 358 valence electrons. The summed E-state index contributed by atoms with van der Waals surface area (Å²) < 4.78 is 62.3. The first kappa shape index (κ1) is 54.6. The van der Waals surface area contributed by atoms with Crippen LogP contribution in [0.15, 0.2) is 24.8 Å². The van der Waals surface area contributed by atoms with E-state index in [1.54, 1.807) is 6.08 Å². The van der Waals surface area contributed by atoms with Crippen LogP contribution in [0.2, 0.25) is 0 Å². The minimum Gasteiger partial charge on any atom is -0.386 e. The van der Waals surface area contributed by atoms with Crippen LogP contribution in [0, 0.1) is 5.41 Å². The number of phosphoric acid groups is 3. The molecule has 3 heterocycles. The zero-order chi connectivity index (χ0) is 46.8. The molecule has 2 amide bonds. The molecule has 0 saturated carbocycles. The smallest absolute Gasteiger partial charge is 0.386 e. The number of amides is 2. The second-order valence-electron chi connectivity index (χ2n) is 15.3. The predicted molar refractivity (Wildman–Crippen MR) is 228 cm³/mol. The number of carbonyl (C=O) groups is 3. The lowest BCUT2D eigenvalue weighted by Gasteiger charge is -2.30. The van der Waals surface area contributed by atoms with Gasteiger partial charge in [0, 0.05) is 30.7 Å². The lowest BCUT2D eigenvalue weighted by Crippen LogP contribution is -2.46. The van der Waals surface area contributed by atoms with Crippen LogP contribution in [0.25, 0.3) is 11.2 Å². The number of thioether (sulfide) groups is 1. The lowest BCUT2D eigenvalue weighted by molar-refractivity contribution is -0.137. The number of imidazole rings is 1. The zero-order valence-corrected chi connectivity index (χ0v) is 38.8. The topological polar surface area (TPSA) is 364 Å². The molecule has 24 nitrogen and oxygen atoms in total. The fraction of sp³-hybridized carbons (Fsp3) is 0.714. The van der Waals surface area contributed by atoms with Crippen molar-refractivity contribution >= 4 is 69.1 Å². The number of nitrogen functional groups attached to an aromatic ring is 1. The van der Waals surface area contributed by atoms with Gasteiger partial charge in [-0.3, -0.25) is 32.5 Å². The Labute approximate surface area is 368 Å². The number of fused-ring (bicyclic) bond motifs is 1. The second kappa shape index (κ2) is 25.9. The Morgan fingerprint density at radius 1 is 0.968 bits per heavy atom. The number of allylic oxidation sites excluding steroid dienone is 1. The molecule has 3 unspecified atom stereocenters. The van der Waals surface area contributed by atoms with Gasteiger partial charge in [-0.05, 0) is 18.9 Å². The van der Waals surface area contributed by atoms with Gasteiger partial charge in [-0.25, -0.2) is 28.6 Å². The fourth-order valence-corrected chi connectivity index (χ4v) is 9.51. The highest BCUT2D eigenvalue weighted by Crippen LogP contribution is 2.61. The molecule has 28 heteroatoms.